The summed E-state index contributed by atoms with van der Waals surface area (Å²) in [6.07, 6.45) is -1.29. The van der Waals surface area contributed by atoms with Crippen LogP contribution in [0.1, 0.15) is 34.7 Å². The van der Waals surface area contributed by atoms with Crippen LogP contribution >= 0.6 is 0 Å². The predicted octanol–water partition coefficient (Wildman–Crippen LogP) is 4.62. The summed E-state index contributed by atoms with van der Waals surface area (Å²) in [5.41, 5.74) is -0.792. The molecule has 2 atom stereocenters. The molecule has 2 aromatic carbocycles. The molecule has 8 nitrogen and oxygen atoms in total. The van der Waals surface area contributed by atoms with Crippen LogP contribution in [0, 0.1) is 23.5 Å². The maximum atomic E-state index is 15.2. The van der Waals surface area contributed by atoms with Gasteiger partial charge in [0.15, 0.2) is 0 Å². The van der Waals surface area contributed by atoms with Crippen LogP contribution < -0.4 is 25.2 Å². The van der Waals surface area contributed by atoms with Gasteiger partial charge in [0.1, 0.15) is 28.8 Å². The summed E-state index contributed by atoms with van der Waals surface area (Å²) in [5.74, 6) is -5.75. The summed E-state index contributed by atoms with van der Waals surface area (Å²) in [4.78, 5) is 40.9. The van der Waals surface area contributed by atoms with Crippen LogP contribution in [0.2, 0.25) is 0 Å². The lowest BCUT2D eigenvalue weighted by molar-refractivity contribution is -0.274. The quantitative estimate of drug-likeness (QED) is 0.367. The van der Waals surface area contributed by atoms with Crippen molar-refractivity contribution in [3.05, 3.63) is 87.8 Å². The summed E-state index contributed by atoms with van der Waals surface area (Å²) < 4.78 is 78.0. The molecule has 2 aliphatic rings. The molecule has 42 heavy (non-hydrogen) atoms. The number of pyridine rings is 1. The Bertz CT molecular complexity index is 1530. The molecule has 1 N–H and O–H groups in total. The van der Waals surface area contributed by atoms with E-state index in [-0.39, 0.29) is 30.1 Å². The first-order valence-corrected chi connectivity index (χ1v) is 13.1. The molecule has 0 spiro atoms. The van der Waals surface area contributed by atoms with Gasteiger partial charge in [-0.3, -0.25) is 14.4 Å². The van der Waals surface area contributed by atoms with Crippen molar-refractivity contribution in [1.82, 2.24) is 9.88 Å². The zero-order valence-electron chi connectivity index (χ0n) is 22.3. The zero-order chi connectivity index (χ0) is 30.2. The van der Waals surface area contributed by atoms with Crippen molar-refractivity contribution < 1.29 is 41.0 Å². The SMILES string of the molecule is COc1cc(F)c([C@@H]2CN(c3cccn(CC4CC4)c3=O)C(=O)C2CNC(=O)c2ccc(OC(F)(F)F)cc2)c(F)c1. The van der Waals surface area contributed by atoms with E-state index in [0.29, 0.717) is 12.5 Å². The maximum Gasteiger partial charge on any atom is 0.573 e. The average molecular weight is 592 g/mol. The van der Waals surface area contributed by atoms with Gasteiger partial charge in [-0.25, -0.2) is 8.78 Å². The van der Waals surface area contributed by atoms with Gasteiger partial charge in [-0.1, -0.05) is 0 Å². The summed E-state index contributed by atoms with van der Waals surface area (Å²) in [6, 6.07) is 9.17. The molecular formula is C29H26F5N3O5. The number of methoxy groups -OCH3 is 1. The van der Waals surface area contributed by atoms with Crippen molar-refractivity contribution in [3.8, 4) is 11.5 Å². The topological polar surface area (TPSA) is 89.9 Å². The van der Waals surface area contributed by atoms with Crippen LogP contribution in [0.4, 0.5) is 27.6 Å². The van der Waals surface area contributed by atoms with Crippen molar-refractivity contribution in [2.75, 3.05) is 25.1 Å². The highest BCUT2D eigenvalue weighted by atomic mass is 19.4. The molecule has 5 rings (SSSR count). The van der Waals surface area contributed by atoms with Gasteiger partial charge >= 0.3 is 6.36 Å². The number of nitrogens with zero attached hydrogens (tertiary/aromatic N) is 2. The number of carbonyl (C=O) groups excluding carboxylic acids is 2. The van der Waals surface area contributed by atoms with Crippen LogP contribution in [0.5, 0.6) is 11.5 Å². The summed E-state index contributed by atoms with van der Waals surface area (Å²) >= 11 is 0. The van der Waals surface area contributed by atoms with E-state index < -0.39 is 58.5 Å². The third-order valence-electron chi connectivity index (χ3n) is 7.38. The van der Waals surface area contributed by atoms with Crippen molar-refractivity contribution in [2.45, 2.75) is 31.7 Å². The van der Waals surface area contributed by atoms with E-state index in [0.717, 1.165) is 49.2 Å². The fraction of sp³-hybridized carbons (Fsp3) is 0.345. The Morgan fingerprint density at radius 3 is 2.29 bits per heavy atom. The van der Waals surface area contributed by atoms with Crippen molar-refractivity contribution in [3.63, 3.8) is 0 Å². The first-order chi connectivity index (χ1) is 19.9. The minimum atomic E-state index is -4.90. The molecule has 1 aromatic heterocycles. The molecule has 2 heterocycles. The van der Waals surface area contributed by atoms with E-state index in [4.69, 9.17) is 4.74 Å². The van der Waals surface area contributed by atoms with Crippen LogP contribution in [0.3, 0.4) is 0 Å². The molecule has 1 aliphatic heterocycles. The van der Waals surface area contributed by atoms with Crippen molar-refractivity contribution in [1.29, 1.82) is 0 Å². The smallest absolute Gasteiger partial charge is 0.497 e. The number of halogens is 5. The molecule has 222 valence electrons. The summed E-state index contributed by atoms with van der Waals surface area (Å²) in [5, 5.41) is 2.53. The third-order valence-corrected chi connectivity index (χ3v) is 7.38. The summed E-state index contributed by atoms with van der Waals surface area (Å²) in [6.45, 7) is -0.106. The minimum absolute atomic E-state index is 0.0313. The van der Waals surface area contributed by atoms with E-state index in [9.17, 15) is 27.6 Å². The minimum Gasteiger partial charge on any atom is -0.497 e. The standard InChI is InChI=1S/C29H26F5N3O5/c1-41-19-11-22(30)25(23(31)12-19)21-15-37(24-3-2-10-36(28(24)40)14-16-4-5-16)27(39)20(21)13-35-26(38)17-6-8-18(9-7-17)42-29(32,33)34/h2-3,6-12,16,20-21H,4-5,13-15H2,1H3,(H,35,38)/t20?,21-/m1/s1. The van der Waals surface area contributed by atoms with Gasteiger partial charge in [0.05, 0.1) is 13.0 Å². The van der Waals surface area contributed by atoms with E-state index >= 15 is 8.78 Å². The first-order valence-electron chi connectivity index (χ1n) is 13.1. The number of aromatic nitrogens is 1. The molecule has 1 saturated carbocycles. The van der Waals surface area contributed by atoms with Crippen LogP contribution in [0.25, 0.3) is 0 Å². The van der Waals surface area contributed by atoms with Gasteiger partial charge in [-0.05, 0) is 55.2 Å². The molecule has 1 aliphatic carbocycles. The molecule has 1 saturated heterocycles. The molecule has 3 aromatic rings. The van der Waals surface area contributed by atoms with Gasteiger partial charge in [-0.2, -0.15) is 0 Å². The number of rotatable bonds is 9. The zero-order valence-corrected chi connectivity index (χ0v) is 22.3. The third kappa shape index (κ3) is 6.24. The fourth-order valence-corrected chi connectivity index (χ4v) is 5.12. The van der Waals surface area contributed by atoms with Gasteiger partial charge in [0.2, 0.25) is 5.91 Å². The van der Waals surface area contributed by atoms with E-state index in [1.54, 1.807) is 12.3 Å². The number of carbonyl (C=O) groups is 2. The number of hydrogen-bond donors (Lipinski definition) is 1. The van der Waals surface area contributed by atoms with Crippen molar-refractivity contribution in [2.24, 2.45) is 11.8 Å². The van der Waals surface area contributed by atoms with Crippen LogP contribution in [-0.4, -0.2) is 42.9 Å². The molecule has 13 heteroatoms. The van der Waals surface area contributed by atoms with Crippen molar-refractivity contribution >= 4 is 17.5 Å². The summed E-state index contributed by atoms with van der Waals surface area (Å²) in [7, 11) is 1.25. The number of hydrogen-bond acceptors (Lipinski definition) is 5. The number of benzene rings is 2. The Balaban J connectivity index is 1.42. The van der Waals surface area contributed by atoms with Crippen LogP contribution in [-0.2, 0) is 11.3 Å². The lowest BCUT2D eigenvalue weighted by Gasteiger charge is -2.19. The van der Waals surface area contributed by atoms with Gasteiger partial charge in [0.25, 0.3) is 11.5 Å². The van der Waals surface area contributed by atoms with Gasteiger partial charge < -0.3 is 24.3 Å². The Morgan fingerprint density at radius 1 is 1.02 bits per heavy atom. The average Bonchev–Trinajstić information content (AvgIpc) is 3.70. The Kier molecular flexibility index (Phi) is 7.93. The highest BCUT2D eigenvalue weighted by molar-refractivity contribution is 5.99. The number of ether oxygens (including phenoxy) is 2. The molecular weight excluding hydrogens is 565 g/mol. The predicted molar refractivity (Wildman–Crippen MR) is 140 cm³/mol. The normalized spacial score (nSPS) is 18.7. The van der Waals surface area contributed by atoms with E-state index in [2.05, 4.69) is 10.1 Å². The lowest BCUT2D eigenvalue weighted by Crippen LogP contribution is -2.38. The Hall–Kier alpha value is -4.42. The second-order valence-electron chi connectivity index (χ2n) is 10.2. The van der Waals surface area contributed by atoms with Crippen LogP contribution in [0.15, 0.2) is 59.5 Å². The monoisotopic (exact) mass is 591 g/mol. The van der Waals surface area contributed by atoms with E-state index in [1.165, 1.54) is 22.6 Å². The molecule has 2 fully saturated rings. The number of alkyl halides is 3. The number of anilines is 1. The number of amides is 2. The first kappa shape index (κ1) is 29.1. The van der Waals surface area contributed by atoms with Gasteiger partial charge in [-0.15, -0.1) is 13.2 Å². The fourth-order valence-electron chi connectivity index (χ4n) is 5.12. The molecule has 1 unspecified atom stereocenters. The second kappa shape index (κ2) is 11.5. The maximum absolute atomic E-state index is 15.2. The second-order valence-corrected chi connectivity index (χ2v) is 10.2. The molecule has 2 amide bonds. The van der Waals surface area contributed by atoms with E-state index in [1.807, 2.05) is 0 Å². The Labute approximate surface area is 236 Å². The Morgan fingerprint density at radius 2 is 1.69 bits per heavy atom. The highest BCUT2D eigenvalue weighted by Crippen LogP contribution is 2.39. The lowest BCUT2D eigenvalue weighted by atomic mass is 9.87. The highest BCUT2D eigenvalue weighted by Gasteiger charge is 2.45. The molecule has 0 radical (unpaired) electrons. The largest absolute Gasteiger partial charge is 0.573 e. The molecule has 0 bridgehead atoms. The number of nitrogens with one attached hydrogen (secondary N) is 1. The van der Waals surface area contributed by atoms with Gasteiger partial charge in [0, 0.05) is 55.0 Å².